The first-order chi connectivity index (χ1) is 20.9. The van der Waals surface area contributed by atoms with Crippen LogP contribution in [0.25, 0.3) is 0 Å². The third-order valence-electron chi connectivity index (χ3n) is 8.51. The van der Waals surface area contributed by atoms with Crippen LogP contribution in [-0.4, -0.2) is 27.4 Å². The smallest absolute Gasteiger partial charge is 0.314 e. The molecule has 2 atom stereocenters. The van der Waals surface area contributed by atoms with Gasteiger partial charge in [-0.2, -0.15) is 0 Å². The Balaban J connectivity index is 1.94. The number of rotatable bonds is 9. The zero-order valence-electron chi connectivity index (χ0n) is 26.2. The fourth-order valence-corrected chi connectivity index (χ4v) is 7.26. The maximum absolute atomic E-state index is 15.8. The van der Waals surface area contributed by atoms with Crippen molar-refractivity contribution >= 4 is 28.5 Å². The van der Waals surface area contributed by atoms with Gasteiger partial charge in [0, 0.05) is 5.56 Å². The Kier molecular flexibility index (Phi) is 8.40. The lowest BCUT2D eigenvalue weighted by molar-refractivity contribution is -0.161. The van der Waals surface area contributed by atoms with Crippen LogP contribution in [-0.2, 0) is 36.4 Å². The van der Waals surface area contributed by atoms with Gasteiger partial charge in [0.05, 0.1) is 33.4 Å². The lowest BCUT2D eigenvalue weighted by Gasteiger charge is -2.47. The minimum Gasteiger partial charge on any atom is -0.466 e. The average molecular weight is 609 g/mol. The van der Waals surface area contributed by atoms with Crippen LogP contribution in [0.15, 0.2) is 115 Å². The van der Waals surface area contributed by atoms with E-state index in [4.69, 9.17) is 4.74 Å². The maximum Gasteiger partial charge on any atom is 0.314 e. The van der Waals surface area contributed by atoms with Crippen molar-refractivity contribution in [1.29, 1.82) is 0 Å². The summed E-state index contributed by atoms with van der Waals surface area (Å²) >= 11 is 0. The molecule has 0 saturated carbocycles. The highest BCUT2D eigenvalue weighted by Crippen LogP contribution is 2.57. The van der Waals surface area contributed by atoms with Gasteiger partial charge in [-0.25, -0.2) is 8.93 Å². The molecule has 5 rings (SSSR count). The zero-order valence-corrected chi connectivity index (χ0v) is 27.0. The number of fused-ring (bicyclic) bond motifs is 1. The van der Waals surface area contributed by atoms with E-state index in [9.17, 15) is 9.00 Å². The number of anilines is 1. The number of esters is 1. The summed E-state index contributed by atoms with van der Waals surface area (Å²) < 4.78 is 22.2. The monoisotopic (exact) mass is 608 g/mol. The first kappa shape index (κ1) is 31.4. The van der Waals surface area contributed by atoms with Crippen molar-refractivity contribution in [3.05, 3.63) is 138 Å². The summed E-state index contributed by atoms with van der Waals surface area (Å²) in [6.07, 6.45) is 0. The molecule has 0 bridgehead atoms. The Bertz CT molecular complexity index is 1570. The second-order valence-electron chi connectivity index (χ2n) is 12.5. The van der Waals surface area contributed by atoms with E-state index >= 15 is 4.79 Å². The zero-order chi connectivity index (χ0) is 31.8. The van der Waals surface area contributed by atoms with Crippen LogP contribution < -0.4 is 9.62 Å². The van der Waals surface area contributed by atoms with E-state index in [1.54, 1.807) is 25.7 Å². The van der Waals surface area contributed by atoms with Gasteiger partial charge in [-0.15, -0.1) is 0 Å². The van der Waals surface area contributed by atoms with Crippen LogP contribution in [0.5, 0.6) is 0 Å². The number of para-hydroxylation sites is 1. The molecule has 1 heterocycles. The van der Waals surface area contributed by atoms with E-state index in [-0.39, 0.29) is 6.61 Å². The maximum atomic E-state index is 15.8. The molecule has 1 N–H and O–H groups in total. The molecule has 1 amide bonds. The Labute approximate surface area is 263 Å². The number of carbonyl (C=O) groups excluding carboxylic acids is 2. The van der Waals surface area contributed by atoms with Gasteiger partial charge in [0.25, 0.3) is 5.91 Å². The number of hydrogen-bond donors (Lipinski definition) is 1. The predicted molar refractivity (Wildman–Crippen MR) is 176 cm³/mol. The van der Waals surface area contributed by atoms with Gasteiger partial charge in [-0.05, 0) is 64.3 Å². The van der Waals surface area contributed by atoms with Crippen molar-refractivity contribution in [2.45, 2.75) is 57.4 Å². The summed E-state index contributed by atoms with van der Waals surface area (Å²) in [6.45, 7) is 10.8. The van der Waals surface area contributed by atoms with E-state index in [0.29, 0.717) is 11.3 Å². The molecule has 0 spiro atoms. The lowest BCUT2D eigenvalue weighted by Crippen LogP contribution is -2.66. The molecule has 0 saturated heterocycles. The number of benzene rings is 4. The van der Waals surface area contributed by atoms with Crippen LogP contribution in [0.2, 0.25) is 0 Å². The fourth-order valence-electron chi connectivity index (χ4n) is 6.22. The number of carbonyl (C=O) groups is 2. The van der Waals surface area contributed by atoms with E-state index in [1.165, 1.54) is 0 Å². The summed E-state index contributed by atoms with van der Waals surface area (Å²) in [4.78, 5) is 31.5. The topological polar surface area (TPSA) is 75.7 Å². The number of nitrogens with zero attached hydrogens (tertiary/aromatic N) is 1. The lowest BCUT2D eigenvalue weighted by atomic mass is 9.68. The standard InChI is InChI=1S/C37H40N2O4S/c1-7-43-33(41)35(5,6)37(38-44(42)34(2,3)4)30-25-17-18-26-31(30)39(32(37)40)36(27-19-11-8-12-20-27,28-21-13-9-14-22-28)29-23-15-10-16-24-29/h8-26,38H,7H2,1-6H3/t37-,44+/m0/s1. The fraction of sp³-hybridized carbons (Fsp3) is 0.297. The van der Waals surface area contributed by atoms with Gasteiger partial charge in [-0.1, -0.05) is 109 Å². The summed E-state index contributed by atoms with van der Waals surface area (Å²) in [7, 11) is -1.74. The Morgan fingerprint density at radius 1 is 0.750 bits per heavy atom. The molecule has 0 unspecified atom stereocenters. The molecule has 0 radical (unpaired) electrons. The number of ether oxygens (including phenoxy) is 1. The number of amides is 1. The van der Waals surface area contributed by atoms with Crippen molar-refractivity contribution in [3.8, 4) is 0 Å². The van der Waals surface area contributed by atoms with Gasteiger partial charge in [-0.3, -0.25) is 14.5 Å². The van der Waals surface area contributed by atoms with Crippen molar-refractivity contribution in [3.63, 3.8) is 0 Å². The van der Waals surface area contributed by atoms with Gasteiger partial charge < -0.3 is 4.74 Å². The first-order valence-corrected chi connectivity index (χ1v) is 16.1. The molecule has 1 aliphatic rings. The minimum absolute atomic E-state index is 0.141. The second kappa shape index (κ2) is 11.8. The van der Waals surface area contributed by atoms with E-state index < -0.39 is 44.1 Å². The van der Waals surface area contributed by atoms with Crippen LogP contribution >= 0.6 is 0 Å². The van der Waals surface area contributed by atoms with Gasteiger partial charge >= 0.3 is 5.97 Å². The SMILES string of the molecule is CCOC(=O)C(C)(C)[C@@]1(N[S@](=O)C(C)(C)C)C(=O)N(C(c2ccccc2)(c2ccccc2)c2ccccc2)c2ccccc21. The van der Waals surface area contributed by atoms with Gasteiger partial charge in [0.2, 0.25) is 0 Å². The quantitative estimate of drug-likeness (QED) is 0.166. The van der Waals surface area contributed by atoms with Crippen LogP contribution in [0, 0.1) is 5.41 Å². The summed E-state index contributed by atoms with van der Waals surface area (Å²) in [5.41, 5.74) is -0.600. The van der Waals surface area contributed by atoms with Gasteiger partial charge in [0.1, 0.15) is 5.54 Å². The molecule has 4 aromatic carbocycles. The molecule has 228 valence electrons. The van der Waals surface area contributed by atoms with Crippen molar-refractivity contribution in [2.75, 3.05) is 11.5 Å². The molecule has 0 aliphatic carbocycles. The third-order valence-corrected chi connectivity index (χ3v) is 10.1. The molecular weight excluding hydrogens is 568 g/mol. The largest absolute Gasteiger partial charge is 0.466 e. The highest BCUT2D eigenvalue weighted by atomic mass is 32.2. The van der Waals surface area contributed by atoms with Gasteiger partial charge in [0.15, 0.2) is 5.54 Å². The van der Waals surface area contributed by atoms with Crippen molar-refractivity contribution in [1.82, 2.24) is 4.72 Å². The average Bonchev–Trinajstić information content (AvgIpc) is 3.28. The second-order valence-corrected chi connectivity index (χ2v) is 14.5. The Morgan fingerprint density at radius 3 is 1.61 bits per heavy atom. The van der Waals surface area contributed by atoms with Crippen molar-refractivity contribution in [2.24, 2.45) is 5.41 Å². The van der Waals surface area contributed by atoms with E-state index in [1.807, 2.05) is 136 Å². The highest BCUT2D eigenvalue weighted by Gasteiger charge is 2.67. The highest BCUT2D eigenvalue weighted by molar-refractivity contribution is 7.84. The van der Waals surface area contributed by atoms with Crippen molar-refractivity contribution < 1.29 is 18.5 Å². The molecule has 0 fully saturated rings. The number of hydrogen-bond acceptors (Lipinski definition) is 4. The summed E-state index contributed by atoms with van der Waals surface area (Å²) in [5, 5.41) is 0. The number of nitrogens with one attached hydrogen (secondary N) is 1. The molecule has 0 aromatic heterocycles. The van der Waals surface area contributed by atoms with E-state index in [0.717, 1.165) is 16.7 Å². The third kappa shape index (κ3) is 4.79. The van der Waals surface area contributed by atoms with Crippen LogP contribution in [0.1, 0.15) is 63.8 Å². The van der Waals surface area contributed by atoms with Crippen LogP contribution in [0.4, 0.5) is 5.69 Å². The summed E-state index contributed by atoms with van der Waals surface area (Å²) in [5.74, 6) is -0.959. The molecule has 7 heteroatoms. The van der Waals surface area contributed by atoms with E-state index in [2.05, 4.69) is 4.72 Å². The Morgan fingerprint density at radius 2 is 1.18 bits per heavy atom. The predicted octanol–water partition coefficient (Wildman–Crippen LogP) is 6.86. The Hall–Kier alpha value is -4.07. The molecule has 4 aromatic rings. The molecule has 1 aliphatic heterocycles. The minimum atomic E-state index is -1.74. The molecule has 6 nitrogen and oxygen atoms in total. The molecular formula is C37H40N2O4S. The normalized spacial score (nSPS) is 17.7. The molecule has 44 heavy (non-hydrogen) atoms. The first-order valence-electron chi connectivity index (χ1n) is 14.9. The van der Waals surface area contributed by atoms with Crippen LogP contribution in [0.3, 0.4) is 0 Å². The summed E-state index contributed by atoms with van der Waals surface area (Å²) in [6, 6.07) is 37.3.